The van der Waals surface area contributed by atoms with E-state index in [4.69, 9.17) is 19.4 Å². The van der Waals surface area contributed by atoms with Crippen molar-refractivity contribution in [1.29, 1.82) is 0 Å². The van der Waals surface area contributed by atoms with Crippen LogP contribution in [0.3, 0.4) is 0 Å². The fourth-order valence-corrected chi connectivity index (χ4v) is 3.97. The van der Waals surface area contributed by atoms with E-state index < -0.39 is 5.97 Å². The van der Waals surface area contributed by atoms with Crippen molar-refractivity contribution in [3.63, 3.8) is 0 Å². The Morgan fingerprint density at radius 3 is 2.55 bits per heavy atom. The number of hydrogen-bond donors (Lipinski definition) is 2. The summed E-state index contributed by atoms with van der Waals surface area (Å²) in [7, 11) is 1.34. The molecule has 1 aliphatic carbocycles. The number of esters is 1. The summed E-state index contributed by atoms with van der Waals surface area (Å²) < 4.78 is 10.4. The minimum Gasteiger partial charge on any atom is -0.480 e. The summed E-state index contributed by atoms with van der Waals surface area (Å²) in [5.41, 5.74) is 1.53. The molecular weight excluding hydrogens is 392 g/mol. The van der Waals surface area contributed by atoms with Crippen LogP contribution in [-0.4, -0.2) is 35.2 Å². The number of aromatic nitrogens is 2. The fraction of sp³-hybridized carbons (Fsp3) is 0.375. The summed E-state index contributed by atoms with van der Waals surface area (Å²) in [6.45, 7) is 2.05. The first-order valence-corrected chi connectivity index (χ1v) is 10.7. The van der Waals surface area contributed by atoms with E-state index in [2.05, 4.69) is 17.6 Å². The maximum absolute atomic E-state index is 11.6. The van der Waals surface area contributed by atoms with Crippen molar-refractivity contribution in [3.8, 4) is 5.75 Å². The van der Waals surface area contributed by atoms with E-state index in [0.29, 0.717) is 23.0 Å². The van der Waals surface area contributed by atoms with E-state index in [1.165, 1.54) is 26.4 Å². The molecule has 0 atom stereocenters. The summed E-state index contributed by atoms with van der Waals surface area (Å²) in [5, 5.41) is 7.78. The van der Waals surface area contributed by atoms with Crippen molar-refractivity contribution in [2.24, 2.45) is 0 Å². The van der Waals surface area contributed by atoms with Crippen LogP contribution in [0, 0.1) is 0 Å². The highest BCUT2D eigenvalue weighted by atomic mass is 16.6. The predicted molar refractivity (Wildman–Crippen MR) is 122 cm³/mol. The molecule has 1 fully saturated rings. The first kappa shape index (κ1) is 20.9. The molecule has 162 valence electrons. The number of carbonyl (C=O) groups is 1. The van der Waals surface area contributed by atoms with E-state index in [0.717, 1.165) is 23.9 Å². The number of anilines is 3. The van der Waals surface area contributed by atoms with E-state index in [1.807, 2.05) is 42.5 Å². The summed E-state index contributed by atoms with van der Waals surface area (Å²) in [5.74, 6) is 1.30. The molecule has 0 saturated heterocycles. The lowest BCUT2D eigenvalue weighted by Gasteiger charge is -2.34. The first-order valence-electron chi connectivity index (χ1n) is 10.7. The Labute approximate surface area is 182 Å². The summed E-state index contributed by atoms with van der Waals surface area (Å²) in [6, 6.07) is 15.5. The van der Waals surface area contributed by atoms with Gasteiger partial charge in [0.1, 0.15) is 17.1 Å². The molecule has 7 heteroatoms. The largest absolute Gasteiger partial charge is 0.480 e. The second kappa shape index (κ2) is 9.20. The zero-order valence-corrected chi connectivity index (χ0v) is 18.0. The van der Waals surface area contributed by atoms with Gasteiger partial charge in [0, 0.05) is 16.6 Å². The Hall–Kier alpha value is -3.35. The van der Waals surface area contributed by atoms with Crippen LogP contribution in [0.1, 0.15) is 39.0 Å². The van der Waals surface area contributed by atoms with Gasteiger partial charge >= 0.3 is 5.97 Å². The molecule has 4 rings (SSSR count). The summed E-state index contributed by atoms with van der Waals surface area (Å²) in [6.07, 6.45) is 5.81. The molecule has 1 saturated carbocycles. The van der Waals surface area contributed by atoms with Gasteiger partial charge in [-0.15, -0.1) is 0 Å². The average Bonchev–Trinajstić information content (AvgIpc) is 2.78. The molecule has 0 amide bonds. The number of nitrogens with one attached hydrogen (secondary N) is 2. The number of para-hydroxylation sites is 2. The number of nitrogens with zero attached hydrogens (tertiary/aromatic N) is 2. The molecule has 0 spiro atoms. The van der Waals surface area contributed by atoms with Crippen molar-refractivity contribution >= 4 is 34.3 Å². The predicted octanol–water partition coefficient (Wildman–Crippen LogP) is 5.06. The van der Waals surface area contributed by atoms with Gasteiger partial charge in [-0.25, -0.2) is 9.78 Å². The highest BCUT2D eigenvalue weighted by Crippen LogP contribution is 2.34. The molecule has 31 heavy (non-hydrogen) atoms. The number of rotatable bonds is 7. The number of ether oxygens (including phenoxy) is 2. The number of methoxy groups -OCH3 is 1. The quantitative estimate of drug-likeness (QED) is 0.517. The number of fused-ring (bicyclic) bond motifs is 1. The van der Waals surface area contributed by atoms with E-state index in [-0.39, 0.29) is 12.1 Å². The monoisotopic (exact) mass is 420 g/mol. The van der Waals surface area contributed by atoms with Crippen LogP contribution in [0.5, 0.6) is 5.75 Å². The van der Waals surface area contributed by atoms with E-state index in [1.54, 1.807) is 6.07 Å². The second-order valence-corrected chi connectivity index (χ2v) is 8.15. The summed E-state index contributed by atoms with van der Waals surface area (Å²) >= 11 is 0. The van der Waals surface area contributed by atoms with Gasteiger partial charge in [-0.1, -0.05) is 43.5 Å². The minimum absolute atomic E-state index is 0.0439. The Morgan fingerprint density at radius 1 is 1.03 bits per heavy atom. The van der Waals surface area contributed by atoms with Crippen LogP contribution in [0.2, 0.25) is 0 Å². The Morgan fingerprint density at radius 2 is 1.81 bits per heavy atom. The smallest absolute Gasteiger partial charge is 0.343 e. The van der Waals surface area contributed by atoms with Crippen LogP contribution in [-0.2, 0) is 9.53 Å². The zero-order valence-electron chi connectivity index (χ0n) is 18.0. The highest BCUT2D eigenvalue weighted by Gasteiger charge is 2.28. The average molecular weight is 421 g/mol. The Bertz CT molecular complexity index is 1050. The standard InChI is InChI=1S/C24H28N4O3/c1-24(14-7-4-8-15-24)28-23-26-21-18(12-9-13-19(21)31-16-20(29)30-2)22(27-23)25-17-10-5-3-6-11-17/h3,5-6,9-13H,4,7-8,14-16H2,1-2H3,(H2,25,26,27,28). The van der Waals surface area contributed by atoms with Gasteiger partial charge < -0.3 is 20.1 Å². The maximum Gasteiger partial charge on any atom is 0.343 e. The van der Waals surface area contributed by atoms with E-state index >= 15 is 0 Å². The lowest BCUT2D eigenvalue weighted by Crippen LogP contribution is -2.37. The van der Waals surface area contributed by atoms with Gasteiger partial charge in [0.25, 0.3) is 0 Å². The maximum atomic E-state index is 11.6. The Kier molecular flexibility index (Phi) is 6.21. The van der Waals surface area contributed by atoms with Gasteiger partial charge in [-0.3, -0.25) is 0 Å². The molecule has 3 aromatic rings. The normalized spacial score (nSPS) is 15.3. The highest BCUT2D eigenvalue weighted by molar-refractivity contribution is 5.95. The third-order valence-corrected chi connectivity index (χ3v) is 5.67. The molecular formula is C24H28N4O3. The fourth-order valence-electron chi connectivity index (χ4n) is 3.97. The van der Waals surface area contributed by atoms with Crippen LogP contribution in [0.15, 0.2) is 48.5 Å². The number of carbonyl (C=O) groups excluding carboxylic acids is 1. The SMILES string of the molecule is COC(=O)COc1cccc2c(Nc3ccccc3)nc(NC3(C)CCCCC3)nc12. The van der Waals surface area contributed by atoms with Crippen LogP contribution in [0.4, 0.5) is 17.5 Å². The van der Waals surface area contributed by atoms with Crippen molar-refractivity contribution in [2.75, 3.05) is 24.4 Å². The van der Waals surface area contributed by atoms with Crippen molar-refractivity contribution < 1.29 is 14.3 Å². The molecule has 1 aromatic heterocycles. The number of hydrogen-bond acceptors (Lipinski definition) is 7. The first-order chi connectivity index (χ1) is 15.1. The van der Waals surface area contributed by atoms with E-state index in [9.17, 15) is 4.79 Å². The lowest BCUT2D eigenvalue weighted by atomic mass is 9.83. The third-order valence-electron chi connectivity index (χ3n) is 5.67. The zero-order chi connectivity index (χ0) is 21.7. The van der Waals surface area contributed by atoms with Gasteiger partial charge in [0.05, 0.1) is 7.11 Å². The van der Waals surface area contributed by atoms with Crippen LogP contribution >= 0.6 is 0 Å². The van der Waals surface area contributed by atoms with Crippen molar-refractivity contribution in [3.05, 3.63) is 48.5 Å². The molecule has 2 N–H and O–H groups in total. The second-order valence-electron chi connectivity index (χ2n) is 8.15. The molecule has 1 aliphatic rings. The van der Waals surface area contributed by atoms with Crippen molar-refractivity contribution in [2.45, 2.75) is 44.6 Å². The summed E-state index contributed by atoms with van der Waals surface area (Å²) in [4.78, 5) is 21.2. The minimum atomic E-state index is -0.443. The lowest BCUT2D eigenvalue weighted by molar-refractivity contribution is -0.142. The van der Waals surface area contributed by atoms with Crippen LogP contribution in [0.25, 0.3) is 10.9 Å². The van der Waals surface area contributed by atoms with Gasteiger partial charge in [-0.2, -0.15) is 4.98 Å². The third kappa shape index (κ3) is 5.05. The van der Waals surface area contributed by atoms with Gasteiger partial charge in [0.15, 0.2) is 6.61 Å². The molecule has 0 aliphatic heterocycles. The van der Waals surface area contributed by atoms with Crippen LogP contribution < -0.4 is 15.4 Å². The molecule has 0 radical (unpaired) electrons. The molecule has 1 heterocycles. The topological polar surface area (TPSA) is 85.4 Å². The molecule has 0 unspecified atom stereocenters. The Balaban J connectivity index is 1.74. The molecule has 0 bridgehead atoms. The van der Waals surface area contributed by atoms with Crippen molar-refractivity contribution in [1.82, 2.24) is 9.97 Å². The molecule has 2 aromatic carbocycles. The van der Waals surface area contributed by atoms with Gasteiger partial charge in [0.2, 0.25) is 5.95 Å². The molecule has 7 nitrogen and oxygen atoms in total. The van der Waals surface area contributed by atoms with Gasteiger partial charge in [-0.05, 0) is 44.0 Å². The number of benzene rings is 2.